The minimum absolute atomic E-state index is 0.579. The van der Waals surface area contributed by atoms with Gasteiger partial charge in [-0.15, -0.1) is 0 Å². The highest BCUT2D eigenvalue weighted by molar-refractivity contribution is 5.32. The number of rotatable bonds is 5. The molecule has 1 N–H and O–H groups in total. The number of hydrogen-bond donors (Lipinski definition) is 1. The second-order valence-corrected chi connectivity index (χ2v) is 5.41. The van der Waals surface area contributed by atoms with Gasteiger partial charge in [-0.05, 0) is 41.9 Å². The first-order valence-electron chi connectivity index (χ1n) is 7.40. The molecule has 3 rings (SSSR count). The molecule has 0 saturated heterocycles. The lowest BCUT2D eigenvalue weighted by Crippen LogP contribution is -2.24. The van der Waals surface area contributed by atoms with E-state index in [0.717, 1.165) is 6.54 Å². The van der Waals surface area contributed by atoms with E-state index in [9.17, 15) is 0 Å². The van der Waals surface area contributed by atoms with Crippen molar-refractivity contribution in [2.24, 2.45) is 0 Å². The predicted molar refractivity (Wildman–Crippen MR) is 81.4 cm³/mol. The molecule has 20 heavy (non-hydrogen) atoms. The summed E-state index contributed by atoms with van der Waals surface area (Å²) >= 11 is 0. The molecule has 0 spiro atoms. The van der Waals surface area contributed by atoms with E-state index in [1.54, 1.807) is 0 Å². The van der Waals surface area contributed by atoms with E-state index >= 15 is 0 Å². The van der Waals surface area contributed by atoms with Crippen molar-refractivity contribution in [1.82, 2.24) is 5.48 Å². The minimum Gasteiger partial charge on any atom is -0.297 e. The molecule has 2 aromatic rings. The SMILES string of the molecule is c1ccc(CONCC2CCCc3ccccc32)cc1. The number of hydroxylamine groups is 1. The summed E-state index contributed by atoms with van der Waals surface area (Å²) in [6.45, 7) is 1.51. The third-order valence-electron chi connectivity index (χ3n) is 4.01. The van der Waals surface area contributed by atoms with Crippen LogP contribution in [0.15, 0.2) is 54.6 Å². The largest absolute Gasteiger partial charge is 0.297 e. The van der Waals surface area contributed by atoms with Gasteiger partial charge in [0.25, 0.3) is 0 Å². The van der Waals surface area contributed by atoms with Crippen LogP contribution in [0.2, 0.25) is 0 Å². The van der Waals surface area contributed by atoms with Crippen molar-refractivity contribution in [3.8, 4) is 0 Å². The fraction of sp³-hybridized carbons (Fsp3) is 0.333. The van der Waals surface area contributed by atoms with Crippen LogP contribution in [0.25, 0.3) is 0 Å². The summed E-state index contributed by atoms with van der Waals surface area (Å²) in [7, 11) is 0. The molecular formula is C18H21NO. The third-order valence-corrected chi connectivity index (χ3v) is 4.01. The summed E-state index contributed by atoms with van der Waals surface area (Å²) in [4.78, 5) is 5.59. The summed E-state index contributed by atoms with van der Waals surface area (Å²) in [5, 5.41) is 0. The van der Waals surface area contributed by atoms with Gasteiger partial charge in [0.1, 0.15) is 0 Å². The van der Waals surface area contributed by atoms with Gasteiger partial charge in [-0.2, -0.15) is 0 Å². The molecule has 2 nitrogen and oxygen atoms in total. The molecule has 1 aliphatic rings. The first-order chi connectivity index (χ1) is 9.93. The molecule has 0 bridgehead atoms. The van der Waals surface area contributed by atoms with Crippen molar-refractivity contribution in [2.75, 3.05) is 6.54 Å². The van der Waals surface area contributed by atoms with Crippen LogP contribution in [-0.4, -0.2) is 6.54 Å². The molecule has 0 aliphatic heterocycles. The van der Waals surface area contributed by atoms with Crippen molar-refractivity contribution >= 4 is 0 Å². The molecule has 0 fully saturated rings. The lowest BCUT2D eigenvalue weighted by Gasteiger charge is -2.25. The Labute approximate surface area is 120 Å². The molecule has 2 heteroatoms. The van der Waals surface area contributed by atoms with Crippen molar-refractivity contribution in [3.63, 3.8) is 0 Å². The van der Waals surface area contributed by atoms with E-state index in [2.05, 4.69) is 41.9 Å². The summed E-state index contributed by atoms with van der Waals surface area (Å²) < 4.78 is 0. The third kappa shape index (κ3) is 3.27. The average Bonchev–Trinajstić information content (AvgIpc) is 2.53. The molecule has 1 unspecified atom stereocenters. The highest BCUT2D eigenvalue weighted by atomic mass is 16.6. The van der Waals surface area contributed by atoms with E-state index < -0.39 is 0 Å². The highest BCUT2D eigenvalue weighted by Crippen LogP contribution is 2.30. The smallest absolute Gasteiger partial charge is 0.0933 e. The van der Waals surface area contributed by atoms with Gasteiger partial charge < -0.3 is 0 Å². The molecule has 0 aromatic heterocycles. The molecule has 1 aliphatic carbocycles. The first-order valence-corrected chi connectivity index (χ1v) is 7.40. The van der Waals surface area contributed by atoms with Crippen LogP contribution in [0.3, 0.4) is 0 Å². The Hall–Kier alpha value is -1.64. The second-order valence-electron chi connectivity index (χ2n) is 5.41. The van der Waals surface area contributed by atoms with Gasteiger partial charge in [-0.1, -0.05) is 54.6 Å². The van der Waals surface area contributed by atoms with Gasteiger partial charge in [-0.25, -0.2) is 5.48 Å². The van der Waals surface area contributed by atoms with Crippen LogP contribution >= 0.6 is 0 Å². The Morgan fingerprint density at radius 2 is 1.80 bits per heavy atom. The van der Waals surface area contributed by atoms with Crippen LogP contribution in [0.5, 0.6) is 0 Å². The maximum absolute atomic E-state index is 5.59. The number of aryl methyl sites for hydroxylation is 1. The topological polar surface area (TPSA) is 21.3 Å². The fourth-order valence-corrected chi connectivity index (χ4v) is 2.93. The number of nitrogens with one attached hydrogen (secondary N) is 1. The average molecular weight is 267 g/mol. The summed E-state index contributed by atoms with van der Waals surface area (Å²) in [5.41, 5.74) is 7.35. The zero-order chi connectivity index (χ0) is 13.6. The lowest BCUT2D eigenvalue weighted by molar-refractivity contribution is 0.0238. The van der Waals surface area contributed by atoms with Crippen LogP contribution < -0.4 is 5.48 Å². The molecule has 0 radical (unpaired) electrons. The Morgan fingerprint density at radius 3 is 2.70 bits per heavy atom. The van der Waals surface area contributed by atoms with Crippen LogP contribution in [-0.2, 0) is 17.9 Å². The monoisotopic (exact) mass is 267 g/mol. The minimum atomic E-state index is 0.579. The van der Waals surface area contributed by atoms with E-state index in [1.807, 2.05) is 18.2 Å². The van der Waals surface area contributed by atoms with Crippen LogP contribution in [0.1, 0.15) is 35.4 Å². The Morgan fingerprint density at radius 1 is 1.00 bits per heavy atom. The Bertz CT molecular complexity index is 538. The van der Waals surface area contributed by atoms with Crippen molar-refractivity contribution in [2.45, 2.75) is 31.8 Å². The van der Waals surface area contributed by atoms with Gasteiger partial charge in [0, 0.05) is 6.54 Å². The van der Waals surface area contributed by atoms with E-state index in [4.69, 9.17) is 4.84 Å². The molecule has 104 valence electrons. The summed E-state index contributed by atoms with van der Waals surface area (Å²) in [5.74, 6) is 0.579. The molecule has 2 aromatic carbocycles. The standard InChI is InChI=1S/C18H21NO/c1-2-7-15(8-3-1)14-20-19-13-17-11-6-10-16-9-4-5-12-18(16)17/h1-5,7-9,12,17,19H,6,10-11,13-14H2. The van der Waals surface area contributed by atoms with Crippen molar-refractivity contribution in [3.05, 3.63) is 71.3 Å². The number of fused-ring (bicyclic) bond motifs is 1. The molecule has 1 atom stereocenters. The lowest BCUT2D eigenvalue weighted by atomic mass is 9.83. The zero-order valence-electron chi connectivity index (χ0n) is 11.7. The van der Waals surface area contributed by atoms with Crippen molar-refractivity contribution in [1.29, 1.82) is 0 Å². The Balaban J connectivity index is 1.50. The number of hydrogen-bond acceptors (Lipinski definition) is 2. The van der Waals surface area contributed by atoms with Gasteiger partial charge in [0.15, 0.2) is 0 Å². The Kier molecular flexibility index (Phi) is 4.46. The molecule has 0 amide bonds. The first kappa shape index (κ1) is 13.3. The van der Waals surface area contributed by atoms with Crippen LogP contribution in [0, 0.1) is 0 Å². The maximum atomic E-state index is 5.59. The quantitative estimate of drug-likeness (QED) is 0.656. The molecular weight excluding hydrogens is 246 g/mol. The van der Waals surface area contributed by atoms with Gasteiger partial charge in [-0.3, -0.25) is 4.84 Å². The summed E-state index contributed by atoms with van der Waals surface area (Å²) in [6.07, 6.45) is 3.75. The second kappa shape index (κ2) is 6.69. The number of benzene rings is 2. The maximum Gasteiger partial charge on any atom is 0.0933 e. The normalized spacial score (nSPS) is 17.7. The van der Waals surface area contributed by atoms with E-state index in [-0.39, 0.29) is 0 Å². The van der Waals surface area contributed by atoms with Gasteiger partial charge in [0.2, 0.25) is 0 Å². The van der Waals surface area contributed by atoms with Gasteiger partial charge >= 0.3 is 0 Å². The fourth-order valence-electron chi connectivity index (χ4n) is 2.93. The van der Waals surface area contributed by atoms with E-state index in [0.29, 0.717) is 12.5 Å². The van der Waals surface area contributed by atoms with Crippen molar-refractivity contribution < 1.29 is 4.84 Å². The predicted octanol–water partition coefficient (Wildman–Crippen LogP) is 3.83. The summed E-state index contributed by atoms with van der Waals surface area (Å²) in [6, 6.07) is 19.1. The van der Waals surface area contributed by atoms with Crippen LogP contribution in [0.4, 0.5) is 0 Å². The van der Waals surface area contributed by atoms with E-state index in [1.165, 1.54) is 36.0 Å². The zero-order valence-corrected chi connectivity index (χ0v) is 11.7. The molecule has 0 heterocycles. The molecule has 0 saturated carbocycles. The van der Waals surface area contributed by atoms with Gasteiger partial charge in [0.05, 0.1) is 6.61 Å². The highest BCUT2D eigenvalue weighted by Gasteiger charge is 2.19.